The van der Waals surface area contributed by atoms with Crippen LogP contribution < -0.4 is 31.1 Å². The fraction of sp³-hybridized carbons (Fsp3) is 0.368. The van der Waals surface area contributed by atoms with Gasteiger partial charge in [0.15, 0.2) is 0 Å². The molecule has 80 heavy (non-hydrogen) atoms. The first-order valence-corrected chi connectivity index (χ1v) is 30.0. The van der Waals surface area contributed by atoms with Crippen LogP contribution in [0, 0.1) is 13.8 Å². The van der Waals surface area contributed by atoms with E-state index in [0.717, 1.165) is 23.5 Å². The molecule has 13 rings (SSSR count). The van der Waals surface area contributed by atoms with Crippen molar-refractivity contribution in [2.75, 3.05) is 14.7 Å². The lowest BCUT2D eigenvalue weighted by Crippen LogP contribution is -2.61. The van der Waals surface area contributed by atoms with Gasteiger partial charge in [-0.2, -0.15) is 0 Å². The Kier molecular flexibility index (Phi) is 11.3. The third-order valence-electron chi connectivity index (χ3n) is 20.1. The molecule has 2 aliphatic heterocycles. The van der Waals surface area contributed by atoms with Crippen LogP contribution in [0.25, 0.3) is 11.1 Å². The van der Waals surface area contributed by atoms with Crippen molar-refractivity contribution in [1.29, 1.82) is 0 Å². The maximum atomic E-state index is 2.74. The molecule has 0 saturated carbocycles. The predicted molar refractivity (Wildman–Crippen MR) is 346 cm³/mol. The predicted octanol–water partition coefficient (Wildman–Crippen LogP) is 19.1. The van der Waals surface area contributed by atoms with Crippen molar-refractivity contribution in [3.05, 3.63) is 201 Å². The number of nitrogens with zero attached hydrogens (tertiary/aromatic N) is 3. The summed E-state index contributed by atoms with van der Waals surface area (Å²) in [4.78, 5) is 7.95. The van der Waals surface area contributed by atoms with Crippen LogP contribution >= 0.6 is 0 Å². The van der Waals surface area contributed by atoms with Gasteiger partial charge in [0.1, 0.15) is 0 Å². The van der Waals surface area contributed by atoms with Crippen molar-refractivity contribution in [3.63, 3.8) is 0 Å². The number of fused-ring (bicyclic) bond motifs is 9. The zero-order chi connectivity index (χ0) is 56.8. The monoisotopic (exact) mass is 1050 g/mol. The molecule has 0 radical (unpaired) electrons. The molecule has 0 saturated heterocycles. The highest BCUT2D eigenvalue weighted by Gasteiger charge is 2.50. The molecule has 0 aromatic heterocycles. The van der Waals surface area contributed by atoms with Gasteiger partial charge in [-0.25, -0.2) is 0 Å². The zero-order valence-electron chi connectivity index (χ0n) is 51.4. The zero-order valence-corrected chi connectivity index (χ0v) is 51.4. The van der Waals surface area contributed by atoms with Crippen LogP contribution in [0.5, 0.6) is 0 Å². The number of hydrogen-bond donors (Lipinski definition) is 0. The second-order valence-corrected chi connectivity index (χ2v) is 30.2. The van der Waals surface area contributed by atoms with Gasteiger partial charge in [-0.1, -0.05) is 190 Å². The molecule has 0 spiro atoms. The van der Waals surface area contributed by atoms with Crippen LogP contribution in [0.15, 0.2) is 146 Å². The Balaban J connectivity index is 1.13. The van der Waals surface area contributed by atoms with E-state index in [-0.39, 0.29) is 44.6 Å². The quantitative estimate of drug-likeness (QED) is 0.159. The molecule has 0 unspecified atom stereocenters. The minimum Gasteiger partial charge on any atom is -0.311 e. The Bertz CT molecular complexity index is 3830. The molecule has 0 bridgehead atoms. The topological polar surface area (TPSA) is 9.72 Å². The summed E-state index contributed by atoms with van der Waals surface area (Å²) < 4.78 is 0. The van der Waals surface area contributed by atoms with E-state index in [4.69, 9.17) is 0 Å². The largest absolute Gasteiger partial charge is 0.311 e. The maximum Gasteiger partial charge on any atom is 0.252 e. The lowest BCUT2D eigenvalue weighted by molar-refractivity contribution is 0.332. The number of hydrogen-bond acceptors (Lipinski definition) is 3. The molecule has 0 amide bonds. The van der Waals surface area contributed by atoms with Gasteiger partial charge in [0, 0.05) is 50.9 Å². The first-order valence-electron chi connectivity index (χ1n) is 30.0. The Morgan fingerprint density at radius 2 is 0.900 bits per heavy atom. The van der Waals surface area contributed by atoms with E-state index in [1.807, 2.05) is 0 Å². The van der Waals surface area contributed by atoms with Gasteiger partial charge >= 0.3 is 0 Å². The van der Waals surface area contributed by atoms with Gasteiger partial charge in [0.25, 0.3) is 6.71 Å². The van der Waals surface area contributed by atoms with Gasteiger partial charge in [-0.05, 0) is 215 Å². The minimum atomic E-state index is -0.255. The highest BCUT2D eigenvalue weighted by Crippen LogP contribution is 2.58. The number of benzene rings is 8. The van der Waals surface area contributed by atoms with Gasteiger partial charge in [0.05, 0.1) is 5.69 Å². The average Bonchev–Trinajstić information content (AvgIpc) is 3.89. The third-order valence-corrected chi connectivity index (χ3v) is 20.1. The molecule has 3 aliphatic carbocycles. The molecule has 5 aliphatic rings. The van der Waals surface area contributed by atoms with Gasteiger partial charge < -0.3 is 14.7 Å². The highest BCUT2D eigenvalue weighted by atomic mass is 15.2. The van der Waals surface area contributed by atoms with Crippen LogP contribution in [-0.2, 0) is 37.9 Å². The summed E-state index contributed by atoms with van der Waals surface area (Å²) >= 11 is 0. The molecular formula is C76H84BN3. The molecule has 0 atom stereocenters. The SMILES string of the molecule is Cc1cc2c3c(c1)N(c1cccc4c1C(C)(C)c1ccccc1-4)c1cc(N(c4ccc(C(C)(C)C)cc4)c4ccc(C(C)(C)C)cc4)ccc1B3c1cc3c(cc1N2c1cc2c(cc1C)C(C)(C)CCC2(C)C)C(C)(C)CC3(C)C. The molecule has 3 nitrogen and oxygen atoms in total. The van der Waals surface area contributed by atoms with E-state index < -0.39 is 0 Å². The standard InChI is InChI=1S/C76H84BN3/c1-46-38-66-69-67(39-46)80(63-43-58-56(40-47(63)2)72(9,10)36-37-73(58,11)12)65-44-59-57(74(13,14)45-75(59,15)16)42-61(65)77(69)60-35-34-52(41-64(60)79(66)62-25-21-23-54-53-22-19-20-24-55(53)76(17,18)68(54)62)78(50-30-26-48(27-31-50)70(3,4)5)51-32-28-49(29-33-51)71(6,7)8/h19-35,38-44H,36-37,45H2,1-18H3. The van der Waals surface area contributed by atoms with Crippen molar-refractivity contribution in [3.8, 4) is 11.1 Å². The van der Waals surface area contributed by atoms with Gasteiger partial charge in [-0.15, -0.1) is 0 Å². The van der Waals surface area contributed by atoms with Gasteiger partial charge in [0.2, 0.25) is 0 Å². The molecular weight excluding hydrogens is 966 g/mol. The van der Waals surface area contributed by atoms with Crippen LogP contribution in [0.3, 0.4) is 0 Å². The molecule has 406 valence electrons. The lowest BCUT2D eigenvalue weighted by atomic mass is 9.33. The Labute approximate surface area is 480 Å². The van der Waals surface area contributed by atoms with Crippen molar-refractivity contribution < 1.29 is 0 Å². The summed E-state index contributed by atoms with van der Waals surface area (Å²) in [6.07, 6.45) is 3.47. The fourth-order valence-electron chi connectivity index (χ4n) is 15.9. The first kappa shape index (κ1) is 52.6. The Morgan fingerprint density at radius 3 is 1.49 bits per heavy atom. The van der Waals surface area contributed by atoms with Crippen LogP contribution in [0.4, 0.5) is 51.2 Å². The normalized spacial score (nSPS) is 18.1. The second-order valence-electron chi connectivity index (χ2n) is 30.2. The summed E-state index contributed by atoms with van der Waals surface area (Å²) in [6.45, 7) is 43.3. The molecule has 0 fully saturated rings. The van der Waals surface area contributed by atoms with Gasteiger partial charge in [-0.3, -0.25) is 0 Å². The average molecular weight is 1050 g/mol. The van der Waals surface area contributed by atoms with E-state index in [0.29, 0.717) is 0 Å². The molecule has 8 aromatic rings. The molecule has 8 aromatic carbocycles. The van der Waals surface area contributed by atoms with Crippen molar-refractivity contribution in [2.45, 2.75) is 182 Å². The summed E-state index contributed by atoms with van der Waals surface area (Å²) in [5.41, 5.74) is 31.8. The number of rotatable bonds is 5. The Morgan fingerprint density at radius 1 is 0.412 bits per heavy atom. The molecule has 2 heterocycles. The molecule has 0 N–H and O–H groups in total. The van der Waals surface area contributed by atoms with E-state index in [2.05, 4.69) is 285 Å². The van der Waals surface area contributed by atoms with Crippen LogP contribution in [0.2, 0.25) is 0 Å². The maximum absolute atomic E-state index is 2.74. The minimum absolute atomic E-state index is 0.0105. The number of anilines is 9. The summed E-state index contributed by atoms with van der Waals surface area (Å²) in [6, 6.07) is 58.1. The second kappa shape index (κ2) is 17.1. The van der Waals surface area contributed by atoms with Crippen LogP contribution in [0.1, 0.15) is 186 Å². The molecule has 4 heteroatoms. The Hall–Kier alpha value is -6.78. The third kappa shape index (κ3) is 7.80. The van der Waals surface area contributed by atoms with Crippen molar-refractivity contribution in [2.24, 2.45) is 0 Å². The smallest absolute Gasteiger partial charge is 0.252 e. The first-order chi connectivity index (χ1) is 37.5. The highest BCUT2D eigenvalue weighted by molar-refractivity contribution is 7.00. The van der Waals surface area contributed by atoms with E-state index >= 15 is 0 Å². The van der Waals surface area contributed by atoms with Crippen molar-refractivity contribution in [1.82, 2.24) is 0 Å². The number of aryl methyl sites for hydroxylation is 2. The summed E-state index contributed by atoms with van der Waals surface area (Å²) in [5, 5.41) is 0. The van der Waals surface area contributed by atoms with Crippen LogP contribution in [-0.4, -0.2) is 6.71 Å². The lowest BCUT2D eigenvalue weighted by Gasteiger charge is -2.47. The fourth-order valence-corrected chi connectivity index (χ4v) is 15.9. The van der Waals surface area contributed by atoms with E-state index in [9.17, 15) is 0 Å². The summed E-state index contributed by atoms with van der Waals surface area (Å²) in [5.74, 6) is 0. The van der Waals surface area contributed by atoms with E-state index in [1.165, 1.54) is 130 Å². The van der Waals surface area contributed by atoms with E-state index in [1.54, 1.807) is 0 Å². The van der Waals surface area contributed by atoms with Crippen molar-refractivity contribution >= 4 is 74.3 Å². The summed E-state index contributed by atoms with van der Waals surface area (Å²) in [7, 11) is 0.